The lowest BCUT2D eigenvalue weighted by Crippen LogP contribution is -2.35. The molecular weight excluding hydrogens is 229 g/mol. The minimum atomic E-state index is -4.14. The van der Waals surface area contributed by atoms with Gasteiger partial charge in [-0.1, -0.05) is 25.1 Å². The quantitative estimate of drug-likeness (QED) is 0.809. The number of hydrogen-bond acceptors (Lipinski definition) is 2. The molecular formula is C12H17F3N2. The molecule has 0 aromatic heterocycles. The Hall–Kier alpha value is -1.23. The van der Waals surface area contributed by atoms with Crippen LogP contribution in [0.15, 0.2) is 24.3 Å². The zero-order valence-corrected chi connectivity index (χ0v) is 9.80. The molecule has 0 aliphatic carbocycles. The molecule has 17 heavy (non-hydrogen) atoms. The number of halogens is 3. The predicted octanol–water partition coefficient (Wildman–Crippen LogP) is 2.70. The largest absolute Gasteiger partial charge is 0.401 e. The molecule has 0 aliphatic rings. The van der Waals surface area contributed by atoms with Crippen molar-refractivity contribution in [2.24, 2.45) is 0 Å². The van der Waals surface area contributed by atoms with E-state index in [1.165, 1.54) is 4.90 Å². The van der Waals surface area contributed by atoms with E-state index in [9.17, 15) is 13.2 Å². The molecule has 0 spiro atoms. The van der Waals surface area contributed by atoms with Gasteiger partial charge < -0.3 is 5.73 Å². The summed E-state index contributed by atoms with van der Waals surface area (Å²) in [5, 5.41) is 0. The molecule has 0 aliphatic heterocycles. The van der Waals surface area contributed by atoms with Crippen LogP contribution in [0.2, 0.25) is 0 Å². The van der Waals surface area contributed by atoms with E-state index in [4.69, 9.17) is 5.73 Å². The van der Waals surface area contributed by atoms with Gasteiger partial charge in [-0.05, 0) is 24.6 Å². The molecule has 0 heterocycles. The molecule has 1 aromatic carbocycles. The van der Waals surface area contributed by atoms with Crippen molar-refractivity contribution < 1.29 is 13.2 Å². The standard InChI is InChI=1S/C12H17F3N2/c1-2-17(9-12(13,14)15)8-7-10-5-3-4-6-11(10)16/h3-6H,2,7-9,16H2,1H3. The Kier molecular flexibility index (Phi) is 4.81. The van der Waals surface area contributed by atoms with Gasteiger partial charge >= 0.3 is 6.18 Å². The maximum atomic E-state index is 12.2. The first-order valence-electron chi connectivity index (χ1n) is 5.55. The topological polar surface area (TPSA) is 29.3 Å². The number of nitrogens with two attached hydrogens (primary N) is 1. The second kappa shape index (κ2) is 5.91. The Balaban J connectivity index is 2.51. The number of anilines is 1. The van der Waals surface area contributed by atoms with E-state index in [1.807, 2.05) is 18.2 Å². The second-order valence-electron chi connectivity index (χ2n) is 3.93. The molecule has 2 nitrogen and oxygen atoms in total. The van der Waals surface area contributed by atoms with Crippen molar-refractivity contribution in [2.75, 3.05) is 25.4 Å². The van der Waals surface area contributed by atoms with Crippen molar-refractivity contribution in [3.8, 4) is 0 Å². The van der Waals surface area contributed by atoms with Gasteiger partial charge in [-0.15, -0.1) is 0 Å². The number of rotatable bonds is 5. The molecule has 0 radical (unpaired) electrons. The highest BCUT2D eigenvalue weighted by Crippen LogP contribution is 2.17. The smallest absolute Gasteiger partial charge is 0.399 e. The van der Waals surface area contributed by atoms with Crippen LogP contribution in [-0.2, 0) is 6.42 Å². The van der Waals surface area contributed by atoms with Gasteiger partial charge in [0.05, 0.1) is 6.54 Å². The molecule has 1 aromatic rings. The van der Waals surface area contributed by atoms with Gasteiger partial charge in [-0.3, -0.25) is 4.90 Å². The van der Waals surface area contributed by atoms with Crippen LogP contribution in [0, 0.1) is 0 Å². The minimum absolute atomic E-state index is 0.365. The average Bonchev–Trinajstić information content (AvgIpc) is 2.24. The second-order valence-corrected chi connectivity index (χ2v) is 3.93. The van der Waals surface area contributed by atoms with Gasteiger partial charge in [0.1, 0.15) is 0 Å². The lowest BCUT2D eigenvalue weighted by Gasteiger charge is -2.22. The fourth-order valence-corrected chi connectivity index (χ4v) is 1.64. The van der Waals surface area contributed by atoms with Gasteiger partial charge in [-0.25, -0.2) is 0 Å². The normalized spacial score (nSPS) is 12.1. The third-order valence-electron chi connectivity index (χ3n) is 2.60. The number of nitrogens with zero attached hydrogens (tertiary/aromatic N) is 1. The molecule has 5 heteroatoms. The molecule has 96 valence electrons. The Morgan fingerprint density at radius 2 is 1.88 bits per heavy atom. The van der Waals surface area contributed by atoms with E-state index in [2.05, 4.69) is 0 Å². The van der Waals surface area contributed by atoms with Crippen molar-refractivity contribution >= 4 is 5.69 Å². The Labute approximate surface area is 99.2 Å². The average molecular weight is 246 g/mol. The first-order chi connectivity index (χ1) is 7.92. The summed E-state index contributed by atoms with van der Waals surface area (Å²) in [4.78, 5) is 1.37. The maximum absolute atomic E-state index is 12.2. The van der Waals surface area contributed by atoms with E-state index in [-0.39, 0.29) is 0 Å². The number of hydrogen-bond donors (Lipinski definition) is 1. The van der Waals surface area contributed by atoms with E-state index >= 15 is 0 Å². The number of alkyl halides is 3. The molecule has 0 saturated heterocycles. The van der Waals surface area contributed by atoms with Crippen LogP contribution in [0.4, 0.5) is 18.9 Å². The highest BCUT2D eigenvalue weighted by Gasteiger charge is 2.29. The van der Waals surface area contributed by atoms with Crippen LogP contribution in [0.25, 0.3) is 0 Å². The fraction of sp³-hybridized carbons (Fsp3) is 0.500. The summed E-state index contributed by atoms with van der Waals surface area (Å²) < 4.78 is 36.7. The molecule has 1 rings (SSSR count). The third-order valence-corrected chi connectivity index (χ3v) is 2.60. The monoisotopic (exact) mass is 246 g/mol. The summed E-state index contributed by atoms with van der Waals surface area (Å²) >= 11 is 0. The van der Waals surface area contributed by atoms with Crippen LogP contribution in [0.3, 0.4) is 0 Å². The zero-order chi connectivity index (χ0) is 12.9. The Bertz CT molecular complexity index is 350. The molecule has 0 bridgehead atoms. The zero-order valence-electron chi connectivity index (χ0n) is 9.80. The highest BCUT2D eigenvalue weighted by molar-refractivity contribution is 5.46. The van der Waals surface area contributed by atoms with Crippen molar-refractivity contribution in [2.45, 2.75) is 19.5 Å². The summed E-state index contributed by atoms with van der Waals surface area (Å²) in [6.45, 7) is 1.60. The first-order valence-corrected chi connectivity index (χ1v) is 5.55. The van der Waals surface area contributed by atoms with Crippen LogP contribution in [0.1, 0.15) is 12.5 Å². The molecule has 2 N–H and O–H groups in total. The maximum Gasteiger partial charge on any atom is 0.401 e. The van der Waals surface area contributed by atoms with Crippen LogP contribution in [0.5, 0.6) is 0 Å². The Morgan fingerprint density at radius 3 is 2.41 bits per heavy atom. The van der Waals surface area contributed by atoms with Gasteiger partial charge in [-0.2, -0.15) is 13.2 Å². The van der Waals surface area contributed by atoms with Crippen molar-refractivity contribution in [3.63, 3.8) is 0 Å². The van der Waals surface area contributed by atoms with Gasteiger partial charge in [0.15, 0.2) is 0 Å². The van der Waals surface area contributed by atoms with E-state index in [1.54, 1.807) is 13.0 Å². The molecule has 0 amide bonds. The molecule has 0 atom stereocenters. The van der Waals surface area contributed by atoms with Crippen molar-refractivity contribution in [3.05, 3.63) is 29.8 Å². The van der Waals surface area contributed by atoms with Gasteiger partial charge in [0.2, 0.25) is 0 Å². The summed E-state index contributed by atoms with van der Waals surface area (Å²) in [6.07, 6.45) is -3.60. The Morgan fingerprint density at radius 1 is 1.24 bits per heavy atom. The number of para-hydroxylation sites is 1. The summed E-state index contributed by atoms with van der Waals surface area (Å²) in [7, 11) is 0. The fourth-order valence-electron chi connectivity index (χ4n) is 1.64. The number of likely N-dealkylation sites (N-methyl/N-ethyl adjacent to an activating group) is 1. The molecule has 0 unspecified atom stereocenters. The van der Waals surface area contributed by atoms with Crippen molar-refractivity contribution in [1.29, 1.82) is 0 Å². The van der Waals surface area contributed by atoms with E-state index in [0.717, 1.165) is 5.56 Å². The predicted molar refractivity (Wildman–Crippen MR) is 62.7 cm³/mol. The summed E-state index contributed by atoms with van der Waals surface area (Å²) in [5.74, 6) is 0. The summed E-state index contributed by atoms with van der Waals surface area (Å²) in [6, 6.07) is 7.25. The SMILES string of the molecule is CCN(CCc1ccccc1N)CC(F)(F)F. The summed E-state index contributed by atoms with van der Waals surface area (Å²) in [5.41, 5.74) is 7.27. The first kappa shape index (κ1) is 13.8. The minimum Gasteiger partial charge on any atom is -0.399 e. The van der Waals surface area contributed by atoms with Crippen LogP contribution in [-0.4, -0.2) is 30.7 Å². The highest BCUT2D eigenvalue weighted by atomic mass is 19.4. The third kappa shape index (κ3) is 5.08. The van der Waals surface area contributed by atoms with Gasteiger partial charge in [0.25, 0.3) is 0 Å². The number of benzene rings is 1. The van der Waals surface area contributed by atoms with Crippen LogP contribution >= 0.6 is 0 Å². The van der Waals surface area contributed by atoms with Gasteiger partial charge in [0, 0.05) is 12.2 Å². The van der Waals surface area contributed by atoms with Crippen LogP contribution < -0.4 is 5.73 Å². The van der Waals surface area contributed by atoms with E-state index in [0.29, 0.717) is 25.2 Å². The lowest BCUT2D eigenvalue weighted by atomic mass is 10.1. The molecule has 0 fully saturated rings. The van der Waals surface area contributed by atoms with E-state index < -0.39 is 12.7 Å². The van der Waals surface area contributed by atoms with Crippen molar-refractivity contribution in [1.82, 2.24) is 4.90 Å². The molecule has 0 saturated carbocycles. The number of nitrogen functional groups attached to an aromatic ring is 1. The lowest BCUT2D eigenvalue weighted by molar-refractivity contribution is -0.145.